The molecule has 1 aromatic carbocycles. The number of hydrogen-bond donors (Lipinski definition) is 1. The van der Waals surface area contributed by atoms with Crippen LogP contribution in [0, 0.1) is 5.41 Å². The Morgan fingerprint density at radius 2 is 1.86 bits per heavy atom. The van der Waals surface area contributed by atoms with Gasteiger partial charge in [0.2, 0.25) is 0 Å². The molecule has 0 aliphatic carbocycles. The van der Waals surface area contributed by atoms with E-state index in [1.165, 1.54) is 0 Å². The smallest absolute Gasteiger partial charge is 0.123 e. The lowest BCUT2D eigenvalue weighted by molar-refractivity contribution is 0.149. The molecule has 0 spiro atoms. The molecule has 21 heavy (non-hydrogen) atoms. The third-order valence-electron chi connectivity index (χ3n) is 3.77. The van der Waals surface area contributed by atoms with Crippen LogP contribution >= 0.6 is 0 Å². The number of ether oxygens (including phenoxy) is 3. The molecule has 4 heteroatoms. The van der Waals surface area contributed by atoms with Gasteiger partial charge in [-0.15, -0.1) is 0 Å². The van der Waals surface area contributed by atoms with Crippen LogP contribution in [0.3, 0.4) is 0 Å². The molecule has 0 saturated heterocycles. The molecular weight excluding hydrogens is 266 g/mol. The summed E-state index contributed by atoms with van der Waals surface area (Å²) in [5.74, 6) is 1.73. The molecule has 0 saturated carbocycles. The Morgan fingerprint density at radius 1 is 1.14 bits per heavy atom. The number of nitrogens with one attached hydrogen (secondary N) is 1. The summed E-state index contributed by atoms with van der Waals surface area (Å²) in [6, 6.07) is 6.08. The minimum atomic E-state index is 0.191. The van der Waals surface area contributed by atoms with E-state index in [2.05, 4.69) is 26.1 Å². The topological polar surface area (TPSA) is 39.7 Å². The van der Waals surface area contributed by atoms with E-state index in [1.807, 2.05) is 18.2 Å². The highest BCUT2D eigenvalue weighted by molar-refractivity contribution is 5.42. The molecule has 0 radical (unpaired) electrons. The van der Waals surface area contributed by atoms with E-state index in [9.17, 15) is 0 Å². The third-order valence-corrected chi connectivity index (χ3v) is 3.77. The Bertz CT molecular complexity index is 432. The summed E-state index contributed by atoms with van der Waals surface area (Å²) in [4.78, 5) is 0. The van der Waals surface area contributed by atoms with Gasteiger partial charge in [-0.05, 0) is 37.0 Å². The first kappa shape index (κ1) is 17.8. The van der Waals surface area contributed by atoms with E-state index in [0.29, 0.717) is 0 Å². The molecule has 0 fully saturated rings. The first-order valence-electron chi connectivity index (χ1n) is 7.38. The largest absolute Gasteiger partial charge is 0.497 e. The first-order valence-corrected chi connectivity index (χ1v) is 7.38. The van der Waals surface area contributed by atoms with Crippen LogP contribution < -0.4 is 14.8 Å². The number of hydrogen-bond acceptors (Lipinski definition) is 4. The SMILES string of the molecule is COCCC(C)(C)CNC(C)c1cc(OC)ccc1OC. The average molecular weight is 295 g/mol. The fraction of sp³-hybridized carbons (Fsp3) is 0.647. The fourth-order valence-corrected chi connectivity index (χ4v) is 2.18. The predicted molar refractivity (Wildman–Crippen MR) is 86.2 cm³/mol. The zero-order chi connectivity index (χ0) is 15.9. The molecule has 0 heterocycles. The lowest BCUT2D eigenvalue weighted by Crippen LogP contribution is -2.32. The van der Waals surface area contributed by atoms with Crippen molar-refractivity contribution >= 4 is 0 Å². The van der Waals surface area contributed by atoms with Crippen molar-refractivity contribution in [3.63, 3.8) is 0 Å². The monoisotopic (exact) mass is 295 g/mol. The quantitative estimate of drug-likeness (QED) is 0.758. The molecule has 0 aliphatic heterocycles. The number of benzene rings is 1. The van der Waals surface area contributed by atoms with Crippen molar-refractivity contribution in [2.45, 2.75) is 33.2 Å². The molecule has 1 aromatic rings. The fourth-order valence-electron chi connectivity index (χ4n) is 2.18. The van der Waals surface area contributed by atoms with Gasteiger partial charge in [-0.2, -0.15) is 0 Å². The number of rotatable bonds is 9. The van der Waals surface area contributed by atoms with Gasteiger partial charge >= 0.3 is 0 Å². The van der Waals surface area contributed by atoms with E-state index in [0.717, 1.165) is 36.6 Å². The average Bonchev–Trinajstić information content (AvgIpc) is 2.50. The summed E-state index contributed by atoms with van der Waals surface area (Å²) >= 11 is 0. The van der Waals surface area contributed by atoms with Gasteiger partial charge in [0, 0.05) is 31.9 Å². The van der Waals surface area contributed by atoms with Crippen LogP contribution in [0.5, 0.6) is 11.5 Å². The van der Waals surface area contributed by atoms with Crippen LogP contribution in [-0.2, 0) is 4.74 Å². The molecule has 1 atom stereocenters. The van der Waals surface area contributed by atoms with Gasteiger partial charge in [0.1, 0.15) is 11.5 Å². The van der Waals surface area contributed by atoms with Gasteiger partial charge in [0.05, 0.1) is 14.2 Å². The van der Waals surface area contributed by atoms with Crippen LogP contribution in [0.4, 0.5) is 0 Å². The minimum Gasteiger partial charge on any atom is -0.497 e. The zero-order valence-corrected chi connectivity index (χ0v) is 14.2. The van der Waals surface area contributed by atoms with Crippen LogP contribution in [0.2, 0.25) is 0 Å². The Balaban J connectivity index is 2.72. The van der Waals surface area contributed by atoms with Crippen molar-refractivity contribution in [1.29, 1.82) is 0 Å². The van der Waals surface area contributed by atoms with Gasteiger partial charge in [-0.1, -0.05) is 13.8 Å². The van der Waals surface area contributed by atoms with Crippen LogP contribution in [-0.4, -0.2) is 34.5 Å². The van der Waals surface area contributed by atoms with E-state index < -0.39 is 0 Å². The molecule has 1 rings (SSSR count). The van der Waals surface area contributed by atoms with Crippen molar-refractivity contribution in [2.24, 2.45) is 5.41 Å². The second kappa shape index (κ2) is 8.25. The van der Waals surface area contributed by atoms with Gasteiger partial charge < -0.3 is 19.5 Å². The second-order valence-corrected chi connectivity index (χ2v) is 6.12. The Kier molecular flexibility index (Phi) is 6.99. The highest BCUT2D eigenvalue weighted by Gasteiger charge is 2.20. The van der Waals surface area contributed by atoms with Crippen molar-refractivity contribution in [1.82, 2.24) is 5.32 Å². The molecule has 4 nitrogen and oxygen atoms in total. The lowest BCUT2D eigenvalue weighted by Gasteiger charge is -2.27. The summed E-state index contributed by atoms with van der Waals surface area (Å²) in [6.07, 6.45) is 1.03. The molecule has 1 unspecified atom stereocenters. The second-order valence-electron chi connectivity index (χ2n) is 6.12. The van der Waals surface area contributed by atoms with Gasteiger partial charge in [0.25, 0.3) is 0 Å². The van der Waals surface area contributed by atoms with Crippen molar-refractivity contribution in [3.05, 3.63) is 23.8 Å². The molecule has 0 bridgehead atoms. The Morgan fingerprint density at radius 3 is 2.43 bits per heavy atom. The van der Waals surface area contributed by atoms with E-state index in [-0.39, 0.29) is 11.5 Å². The molecule has 120 valence electrons. The Labute approximate surface area is 128 Å². The Hall–Kier alpha value is -1.26. The van der Waals surface area contributed by atoms with Crippen LogP contribution in [0.15, 0.2) is 18.2 Å². The van der Waals surface area contributed by atoms with Crippen molar-refractivity contribution < 1.29 is 14.2 Å². The maximum Gasteiger partial charge on any atom is 0.123 e. The normalized spacial score (nSPS) is 13.0. The summed E-state index contributed by atoms with van der Waals surface area (Å²) < 4.78 is 15.9. The molecular formula is C17H29NO3. The highest BCUT2D eigenvalue weighted by atomic mass is 16.5. The van der Waals surface area contributed by atoms with Gasteiger partial charge in [-0.3, -0.25) is 0 Å². The van der Waals surface area contributed by atoms with Gasteiger partial charge in [-0.25, -0.2) is 0 Å². The van der Waals surface area contributed by atoms with Crippen molar-refractivity contribution in [3.8, 4) is 11.5 Å². The highest BCUT2D eigenvalue weighted by Crippen LogP contribution is 2.30. The third kappa shape index (κ3) is 5.56. The predicted octanol–water partition coefficient (Wildman–Crippen LogP) is 3.42. The van der Waals surface area contributed by atoms with Crippen LogP contribution in [0.1, 0.15) is 38.8 Å². The maximum atomic E-state index is 5.45. The summed E-state index contributed by atoms with van der Waals surface area (Å²) in [6.45, 7) is 8.33. The molecule has 0 aliphatic rings. The lowest BCUT2D eigenvalue weighted by atomic mass is 9.89. The molecule has 0 aromatic heterocycles. The van der Waals surface area contributed by atoms with E-state index >= 15 is 0 Å². The van der Waals surface area contributed by atoms with Crippen molar-refractivity contribution in [2.75, 3.05) is 34.5 Å². The van der Waals surface area contributed by atoms with Gasteiger partial charge in [0.15, 0.2) is 0 Å². The number of methoxy groups -OCH3 is 3. The summed E-state index contributed by atoms with van der Waals surface area (Å²) in [5, 5.41) is 3.58. The summed E-state index contributed by atoms with van der Waals surface area (Å²) in [7, 11) is 5.12. The minimum absolute atomic E-state index is 0.191. The van der Waals surface area contributed by atoms with E-state index in [4.69, 9.17) is 14.2 Å². The maximum absolute atomic E-state index is 5.45. The zero-order valence-electron chi connectivity index (χ0n) is 14.2. The molecule has 1 N–H and O–H groups in total. The molecule has 0 amide bonds. The van der Waals surface area contributed by atoms with Crippen LogP contribution in [0.25, 0.3) is 0 Å². The first-order chi connectivity index (χ1) is 9.93. The summed E-state index contributed by atoms with van der Waals surface area (Å²) in [5.41, 5.74) is 1.30. The standard InChI is InChI=1S/C17H29NO3/c1-13(18-12-17(2,3)9-10-19-4)15-11-14(20-5)7-8-16(15)21-6/h7-8,11,13,18H,9-10,12H2,1-6H3. The van der Waals surface area contributed by atoms with E-state index in [1.54, 1.807) is 21.3 Å².